The molecule has 3 aromatic rings. The first-order chi connectivity index (χ1) is 14.8. The van der Waals surface area contributed by atoms with Crippen LogP contribution in [0, 0.1) is 0 Å². The number of hydrogen-bond donors (Lipinski definition) is 1. The minimum Gasteiger partial charge on any atom is -0.302 e. The summed E-state index contributed by atoms with van der Waals surface area (Å²) in [7, 11) is 0. The predicted molar refractivity (Wildman–Crippen MR) is 129 cm³/mol. The maximum atomic E-state index is 3.98. The maximum absolute atomic E-state index is 3.98. The number of rotatable bonds is 9. The fourth-order valence-corrected chi connectivity index (χ4v) is 5.49. The average molecular weight is 419 g/mol. The highest BCUT2D eigenvalue weighted by Gasteiger charge is 2.37. The molecule has 1 aliphatic heterocycles. The topological polar surface area (TPSA) is 15.3 Å². The molecule has 2 aromatic carbocycles. The van der Waals surface area contributed by atoms with E-state index in [2.05, 4.69) is 95.3 Å². The molecule has 0 amide bonds. The lowest BCUT2D eigenvalue weighted by atomic mass is 9.80. The van der Waals surface area contributed by atoms with Gasteiger partial charge in [-0.2, -0.15) is 0 Å². The Balaban J connectivity index is 1.51. The molecule has 1 aliphatic rings. The Kier molecular flexibility index (Phi) is 7.37. The van der Waals surface area contributed by atoms with E-state index >= 15 is 0 Å². The Morgan fingerprint density at radius 3 is 2.27 bits per heavy atom. The first kappa shape index (κ1) is 21.3. The number of hydrogen-bond acceptors (Lipinski definition) is 3. The number of nitrogens with one attached hydrogen (secondary N) is 1. The number of benzene rings is 2. The van der Waals surface area contributed by atoms with E-state index in [1.54, 1.807) is 0 Å². The monoisotopic (exact) mass is 418 g/mol. The minimum absolute atomic E-state index is 0.0632. The Bertz CT molecular complexity index is 852. The molecular weight excluding hydrogens is 384 g/mol. The third-order valence-electron chi connectivity index (χ3n) is 6.62. The number of unbranched alkanes of at least 4 members (excludes halogenated alkanes) is 1. The van der Waals surface area contributed by atoms with Crippen LogP contribution in [0.25, 0.3) is 0 Å². The molecule has 1 unspecified atom stereocenters. The fourth-order valence-electron chi connectivity index (χ4n) is 4.84. The SMILES string of the molecule is CCCCC(c1ccccc1)N1CCC(NCc2cccs2)(c2ccccc2)CC1. The van der Waals surface area contributed by atoms with Crippen molar-refractivity contribution in [2.75, 3.05) is 13.1 Å². The quantitative estimate of drug-likeness (QED) is 0.413. The highest BCUT2D eigenvalue weighted by atomic mass is 32.1. The van der Waals surface area contributed by atoms with Gasteiger partial charge in [0.1, 0.15) is 0 Å². The largest absolute Gasteiger partial charge is 0.302 e. The summed E-state index contributed by atoms with van der Waals surface area (Å²) in [5.41, 5.74) is 2.98. The van der Waals surface area contributed by atoms with Gasteiger partial charge in [-0.05, 0) is 41.8 Å². The second kappa shape index (κ2) is 10.4. The molecule has 0 spiro atoms. The lowest BCUT2D eigenvalue weighted by molar-refractivity contribution is 0.0900. The molecule has 1 atom stereocenters. The summed E-state index contributed by atoms with van der Waals surface area (Å²) in [4.78, 5) is 4.15. The predicted octanol–water partition coefficient (Wildman–Crippen LogP) is 6.76. The van der Waals surface area contributed by atoms with Crippen molar-refractivity contribution in [3.63, 3.8) is 0 Å². The van der Waals surface area contributed by atoms with Gasteiger partial charge in [0.15, 0.2) is 0 Å². The van der Waals surface area contributed by atoms with E-state index in [9.17, 15) is 0 Å². The van der Waals surface area contributed by atoms with E-state index in [1.165, 1.54) is 35.3 Å². The first-order valence-corrected chi connectivity index (χ1v) is 12.3. The molecule has 1 fully saturated rings. The smallest absolute Gasteiger partial charge is 0.0462 e. The molecule has 0 bridgehead atoms. The van der Waals surface area contributed by atoms with Gasteiger partial charge in [-0.3, -0.25) is 4.90 Å². The van der Waals surface area contributed by atoms with E-state index in [-0.39, 0.29) is 5.54 Å². The van der Waals surface area contributed by atoms with Crippen molar-refractivity contribution in [2.24, 2.45) is 0 Å². The average Bonchev–Trinajstić information content (AvgIpc) is 3.34. The van der Waals surface area contributed by atoms with E-state index in [0.717, 1.165) is 32.5 Å². The normalized spacial score (nSPS) is 17.6. The van der Waals surface area contributed by atoms with Gasteiger partial charge in [-0.15, -0.1) is 11.3 Å². The van der Waals surface area contributed by atoms with Crippen LogP contribution in [0.3, 0.4) is 0 Å². The Labute approximate surface area is 186 Å². The third kappa shape index (κ3) is 5.03. The standard InChI is InChI=1S/C27H34N2S/c1-2-3-16-26(23-11-6-4-7-12-23)29-19-17-27(18-20-29,24-13-8-5-9-14-24)28-22-25-15-10-21-30-25/h4-15,21,26,28H,2-3,16-20,22H2,1H3. The van der Waals surface area contributed by atoms with Gasteiger partial charge in [0, 0.05) is 36.1 Å². The van der Waals surface area contributed by atoms with Crippen LogP contribution in [0.4, 0.5) is 0 Å². The van der Waals surface area contributed by atoms with Crippen molar-refractivity contribution in [2.45, 2.75) is 57.2 Å². The molecule has 1 N–H and O–H groups in total. The summed E-state index contributed by atoms with van der Waals surface area (Å²) in [6.45, 7) is 5.52. The summed E-state index contributed by atoms with van der Waals surface area (Å²) < 4.78 is 0. The zero-order chi connectivity index (χ0) is 20.7. The molecular formula is C27H34N2S. The number of piperidine rings is 1. The van der Waals surface area contributed by atoms with Crippen molar-refractivity contribution >= 4 is 11.3 Å². The zero-order valence-electron chi connectivity index (χ0n) is 18.1. The van der Waals surface area contributed by atoms with Gasteiger partial charge in [0.05, 0.1) is 0 Å². The fraction of sp³-hybridized carbons (Fsp3) is 0.407. The van der Waals surface area contributed by atoms with Crippen molar-refractivity contribution in [1.82, 2.24) is 10.2 Å². The highest BCUT2D eigenvalue weighted by Crippen LogP contribution is 2.37. The van der Waals surface area contributed by atoms with Crippen LogP contribution in [0.2, 0.25) is 0 Å². The van der Waals surface area contributed by atoms with E-state index in [0.29, 0.717) is 6.04 Å². The molecule has 4 rings (SSSR count). The zero-order valence-corrected chi connectivity index (χ0v) is 18.9. The summed E-state index contributed by atoms with van der Waals surface area (Å²) in [5, 5.41) is 6.15. The van der Waals surface area contributed by atoms with E-state index in [1.807, 2.05) is 11.3 Å². The van der Waals surface area contributed by atoms with Gasteiger partial charge in [-0.25, -0.2) is 0 Å². The van der Waals surface area contributed by atoms with Gasteiger partial charge in [0.2, 0.25) is 0 Å². The van der Waals surface area contributed by atoms with Gasteiger partial charge in [0.25, 0.3) is 0 Å². The molecule has 0 aliphatic carbocycles. The number of nitrogens with zero attached hydrogens (tertiary/aromatic N) is 1. The lowest BCUT2D eigenvalue weighted by Gasteiger charge is -2.45. The summed E-state index contributed by atoms with van der Waals surface area (Å²) >= 11 is 1.84. The van der Waals surface area contributed by atoms with Crippen molar-refractivity contribution in [3.8, 4) is 0 Å². The van der Waals surface area contributed by atoms with Crippen LogP contribution in [0.1, 0.15) is 61.1 Å². The Hall–Kier alpha value is -1.94. The summed E-state index contributed by atoms with van der Waals surface area (Å²) in [6.07, 6.45) is 6.10. The molecule has 30 heavy (non-hydrogen) atoms. The minimum atomic E-state index is 0.0632. The maximum Gasteiger partial charge on any atom is 0.0462 e. The molecule has 1 aromatic heterocycles. The molecule has 2 heterocycles. The van der Waals surface area contributed by atoms with Crippen LogP contribution in [-0.2, 0) is 12.1 Å². The number of likely N-dealkylation sites (tertiary alicyclic amines) is 1. The summed E-state index contributed by atoms with van der Waals surface area (Å²) in [5.74, 6) is 0. The molecule has 0 saturated carbocycles. The first-order valence-electron chi connectivity index (χ1n) is 11.4. The van der Waals surface area contributed by atoms with Crippen LogP contribution in [-0.4, -0.2) is 18.0 Å². The molecule has 0 radical (unpaired) electrons. The van der Waals surface area contributed by atoms with Crippen molar-refractivity contribution < 1.29 is 0 Å². The van der Waals surface area contributed by atoms with Crippen LogP contribution < -0.4 is 5.32 Å². The van der Waals surface area contributed by atoms with Crippen LogP contribution in [0.5, 0.6) is 0 Å². The second-order valence-corrected chi connectivity index (χ2v) is 9.52. The van der Waals surface area contributed by atoms with Crippen LogP contribution in [0.15, 0.2) is 78.2 Å². The van der Waals surface area contributed by atoms with E-state index < -0.39 is 0 Å². The van der Waals surface area contributed by atoms with Crippen molar-refractivity contribution in [1.29, 1.82) is 0 Å². The van der Waals surface area contributed by atoms with E-state index in [4.69, 9.17) is 0 Å². The van der Waals surface area contributed by atoms with Gasteiger partial charge in [-0.1, -0.05) is 86.5 Å². The number of thiophene rings is 1. The van der Waals surface area contributed by atoms with Gasteiger partial charge >= 0.3 is 0 Å². The molecule has 1 saturated heterocycles. The highest BCUT2D eigenvalue weighted by molar-refractivity contribution is 7.09. The second-order valence-electron chi connectivity index (χ2n) is 8.49. The third-order valence-corrected chi connectivity index (χ3v) is 7.49. The molecule has 158 valence electrons. The lowest BCUT2D eigenvalue weighted by Crippen LogP contribution is -2.51. The Morgan fingerprint density at radius 2 is 1.63 bits per heavy atom. The molecule has 3 heteroatoms. The Morgan fingerprint density at radius 1 is 0.933 bits per heavy atom. The summed E-state index contributed by atoms with van der Waals surface area (Å²) in [6, 6.07) is 27.2. The molecule has 2 nitrogen and oxygen atoms in total. The van der Waals surface area contributed by atoms with Gasteiger partial charge < -0.3 is 5.32 Å². The van der Waals surface area contributed by atoms with Crippen molar-refractivity contribution in [3.05, 3.63) is 94.2 Å². The van der Waals surface area contributed by atoms with Crippen LogP contribution >= 0.6 is 11.3 Å².